The zero-order valence-corrected chi connectivity index (χ0v) is 8.64. The molecule has 0 bridgehead atoms. The van der Waals surface area contributed by atoms with Crippen molar-refractivity contribution in [2.75, 3.05) is 5.73 Å². The number of hydrogen-bond acceptors (Lipinski definition) is 2. The molecule has 0 saturated heterocycles. The number of nitrogens with two attached hydrogens (primary N) is 1. The summed E-state index contributed by atoms with van der Waals surface area (Å²) in [6, 6.07) is 4.98. The van der Waals surface area contributed by atoms with E-state index in [1.54, 1.807) is 0 Å². The molecule has 0 aliphatic heterocycles. The Morgan fingerprint density at radius 3 is 1.87 bits per heavy atom. The van der Waals surface area contributed by atoms with Gasteiger partial charge in [0.15, 0.2) is 0 Å². The van der Waals surface area contributed by atoms with Gasteiger partial charge in [0.05, 0.1) is 0 Å². The molecule has 1 aromatic rings. The van der Waals surface area contributed by atoms with Gasteiger partial charge in [0, 0.05) is 5.69 Å². The van der Waals surface area contributed by atoms with Crippen LogP contribution in [0.3, 0.4) is 0 Å². The van der Waals surface area contributed by atoms with Crippen LogP contribution in [0.15, 0.2) is 24.3 Å². The molecule has 0 aromatic heterocycles. The topological polar surface area (TPSA) is 35.2 Å². The third-order valence-electron chi connectivity index (χ3n) is 1.11. The monoisotopic (exact) mass is 221 g/mol. The normalized spacial score (nSPS) is 10.2. The van der Waals surface area contributed by atoms with Crippen molar-refractivity contribution in [2.24, 2.45) is 0 Å². The lowest BCUT2D eigenvalue weighted by Crippen LogP contribution is -2.16. The molecule has 5 heteroatoms. The molecule has 2 nitrogen and oxygen atoms in total. The Bertz CT molecular complexity index is 269. The number of nitrogen functional groups attached to an aromatic ring is 1. The third kappa shape index (κ3) is 7.66. The SMILES string of the molecule is CCC.Nc1ccc(OC(F)(F)F)cc1. The van der Waals surface area contributed by atoms with E-state index < -0.39 is 6.36 Å². The van der Waals surface area contributed by atoms with Crippen LogP contribution in [-0.2, 0) is 0 Å². The van der Waals surface area contributed by atoms with Crippen LogP contribution in [-0.4, -0.2) is 6.36 Å². The lowest BCUT2D eigenvalue weighted by atomic mass is 10.3. The van der Waals surface area contributed by atoms with Gasteiger partial charge < -0.3 is 10.5 Å². The average molecular weight is 221 g/mol. The minimum absolute atomic E-state index is 0.267. The predicted octanol–water partition coefficient (Wildman–Crippen LogP) is 3.58. The van der Waals surface area contributed by atoms with Crippen molar-refractivity contribution in [1.82, 2.24) is 0 Å². The Morgan fingerprint density at radius 1 is 1.13 bits per heavy atom. The first-order valence-electron chi connectivity index (χ1n) is 4.50. The predicted molar refractivity (Wildman–Crippen MR) is 53.5 cm³/mol. The summed E-state index contributed by atoms with van der Waals surface area (Å²) in [5.41, 5.74) is 5.65. The van der Waals surface area contributed by atoms with E-state index in [0.717, 1.165) is 12.1 Å². The van der Waals surface area contributed by atoms with Crippen LogP contribution in [0.5, 0.6) is 5.75 Å². The van der Waals surface area contributed by atoms with E-state index in [2.05, 4.69) is 18.6 Å². The van der Waals surface area contributed by atoms with Gasteiger partial charge in [-0.15, -0.1) is 13.2 Å². The molecule has 15 heavy (non-hydrogen) atoms. The van der Waals surface area contributed by atoms with E-state index in [9.17, 15) is 13.2 Å². The molecular weight excluding hydrogens is 207 g/mol. The summed E-state index contributed by atoms with van der Waals surface area (Å²) < 4.78 is 38.4. The highest BCUT2D eigenvalue weighted by atomic mass is 19.4. The lowest BCUT2D eigenvalue weighted by molar-refractivity contribution is -0.274. The van der Waals surface area contributed by atoms with Crippen molar-refractivity contribution in [1.29, 1.82) is 0 Å². The summed E-state index contributed by atoms with van der Waals surface area (Å²) >= 11 is 0. The van der Waals surface area contributed by atoms with Crippen LogP contribution >= 0.6 is 0 Å². The van der Waals surface area contributed by atoms with Gasteiger partial charge in [0.1, 0.15) is 5.75 Å². The molecule has 0 atom stereocenters. The van der Waals surface area contributed by atoms with E-state index in [0.29, 0.717) is 5.69 Å². The summed E-state index contributed by atoms with van der Waals surface area (Å²) in [7, 11) is 0. The van der Waals surface area contributed by atoms with E-state index in [-0.39, 0.29) is 5.75 Å². The molecule has 1 rings (SSSR count). The summed E-state index contributed by atoms with van der Waals surface area (Å²) in [6.07, 6.45) is -3.39. The maximum Gasteiger partial charge on any atom is 0.573 e. The quantitative estimate of drug-likeness (QED) is 0.735. The largest absolute Gasteiger partial charge is 0.573 e. The van der Waals surface area contributed by atoms with Crippen LogP contribution in [0, 0.1) is 0 Å². The molecule has 0 fully saturated rings. The highest BCUT2D eigenvalue weighted by Gasteiger charge is 2.30. The number of hydrogen-bond donors (Lipinski definition) is 1. The van der Waals surface area contributed by atoms with Crippen LogP contribution in [0.1, 0.15) is 20.3 Å². The van der Waals surface area contributed by atoms with E-state index in [4.69, 9.17) is 5.73 Å². The first-order valence-corrected chi connectivity index (χ1v) is 4.50. The second-order valence-corrected chi connectivity index (χ2v) is 2.82. The molecule has 0 aliphatic carbocycles. The second kappa shape index (κ2) is 6.16. The summed E-state index contributed by atoms with van der Waals surface area (Å²) in [6.45, 7) is 4.25. The zero-order chi connectivity index (χ0) is 11.9. The van der Waals surface area contributed by atoms with E-state index in [1.165, 1.54) is 18.6 Å². The van der Waals surface area contributed by atoms with Gasteiger partial charge in [0.2, 0.25) is 0 Å². The summed E-state index contributed by atoms with van der Waals surface area (Å²) in [5.74, 6) is -0.267. The average Bonchev–Trinajstić information content (AvgIpc) is 2.08. The fraction of sp³-hybridized carbons (Fsp3) is 0.400. The van der Waals surface area contributed by atoms with Gasteiger partial charge >= 0.3 is 6.36 Å². The summed E-state index contributed by atoms with van der Waals surface area (Å²) in [5, 5.41) is 0. The second-order valence-electron chi connectivity index (χ2n) is 2.82. The molecule has 0 amide bonds. The minimum atomic E-state index is -4.64. The van der Waals surface area contributed by atoms with Gasteiger partial charge in [0.25, 0.3) is 0 Å². The van der Waals surface area contributed by atoms with Crippen molar-refractivity contribution in [3.8, 4) is 5.75 Å². The van der Waals surface area contributed by atoms with Crippen LogP contribution < -0.4 is 10.5 Å². The van der Waals surface area contributed by atoms with Crippen LogP contribution in [0.4, 0.5) is 18.9 Å². The van der Waals surface area contributed by atoms with Crippen molar-refractivity contribution in [3.05, 3.63) is 24.3 Å². The molecular formula is C10H14F3NO. The van der Waals surface area contributed by atoms with Crippen molar-refractivity contribution < 1.29 is 17.9 Å². The molecule has 0 aliphatic rings. The third-order valence-corrected chi connectivity index (χ3v) is 1.11. The molecule has 0 heterocycles. The van der Waals surface area contributed by atoms with Crippen LogP contribution in [0.2, 0.25) is 0 Å². The summed E-state index contributed by atoms with van der Waals surface area (Å²) in [4.78, 5) is 0. The number of benzene rings is 1. The fourth-order valence-corrected chi connectivity index (χ4v) is 0.669. The smallest absolute Gasteiger partial charge is 0.406 e. The van der Waals surface area contributed by atoms with Gasteiger partial charge in [-0.2, -0.15) is 0 Å². The Morgan fingerprint density at radius 2 is 1.53 bits per heavy atom. The molecule has 1 aromatic carbocycles. The lowest BCUT2D eigenvalue weighted by Gasteiger charge is -2.07. The van der Waals surface area contributed by atoms with Gasteiger partial charge in [-0.1, -0.05) is 20.3 Å². The highest BCUT2D eigenvalue weighted by Crippen LogP contribution is 2.22. The number of anilines is 1. The van der Waals surface area contributed by atoms with Crippen molar-refractivity contribution in [2.45, 2.75) is 26.6 Å². The Hall–Kier alpha value is -1.39. The van der Waals surface area contributed by atoms with Gasteiger partial charge in [-0.25, -0.2) is 0 Å². The Balaban J connectivity index is 0.000000583. The molecule has 0 radical (unpaired) electrons. The number of alkyl halides is 3. The fourth-order valence-electron chi connectivity index (χ4n) is 0.669. The van der Waals surface area contributed by atoms with E-state index >= 15 is 0 Å². The molecule has 86 valence electrons. The van der Waals surface area contributed by atoms with Gasteiger partial charge in [-0.05, 0) is 24.3 Å². The molecule has 2 N–H and O–H groups in total. The van der Waals surface area contributed by atoms with Crippen LogP contribution in [0.25, 0.3) is 0 Å². The molecule has 0 unspecified atom stereocenters. The van der Waals surface area contributed by atoms with Crippen molar-refractivity contribution >= 4 is 5.69 Å². The standard InChI is InChI=1S/C7H6F3NO.C3H8/c8-7(9,10)12-6-3-1-5(11)2-4-6;1-3-2/h1-4H,11H2;3H2,1-2H3. The highest BCUT2D eigenvalue weighted by molar-refractivity contribution is 5.41. The maximum absolute atomic E-state index is 11.6. The first kappa shape index (κ1) is 13.6. The minimum Gasteiger partial charge on any atom is -0.406 e. The Labute approximate surface area is 86.8 Å². The number of halogens is 3. The number of rotatable bonds is 1. The van der Waals surface area contributed by atoms with Crippen molar-refractivity contribution in [3.63, 3.8) is 0 Å². The molecule has 0 spiro atoms. The van der Waals surface area contributed by atoms with E-state index in [1.807, 2.05) is 0 Å². The Kier molecular flexibility index (Phi) is 5.59. The zero-order valence-electron chi connectivity index (χ0n) is 8.64. The van der Waals surface area contributed by atoms with Gasteiger partial charge in [-0.3, -0.25) is 0 Å². The first-order chi connectivity index (χ1) is 6.89. The number of ether oxygens (including phenoxy) is 1. The molecule has 0 saturated carbocycles. The maximum atomic E-state index is 11.6.